The van der Waals surface area contributed by atoms with Crippen LogP contribution in [0, 0.1) is 0 Å². The lowest BCUT2D eigenvalue weighted by atomic mass is 10.2. The number of halogens is 8. The molecule has 6 amide bonds. The molecule has 0 aliphatic carbocycles. The van der Waals surface area contributed by atoms with Gasteiger partial charge in [0, 0.05) is 61.4 Å². The second-order valence-electron chi connectivity index (χ2n) is 12.7. The van der Waals surface area contributed by atoms with E-state index in [0.717, 1.165) is 18.2 Å². The third-order valence-corrected chi connectivity index (χ3v) is 8.67. The molecule has 9 N–H and O–H groups in total. The van der Waals surface area contributed by atoms with Gasteiger partial charge in [-0.3, -0.25) is 24.8 Å². The molecule has 66 heavy (non-hydrogen) atoms. The van der Waals surface area contributed by atoms with Crippen molar-refractivity contribution in [1.82, 2.24) is 26.1 Å². The fraction of sp³-hybridized carbons (Fsp3) is 0.0952. The summed E-state index contributed by atoms with van der Waals surface area (Å²) < 4.78 is 87.2. The topological polar surface area (TPSA) is 231 Å². The van der Waals surface area contributed by atoms with Crippen molar-refractivity contribution in [3.8, 4) is 23.0 Å². The monoisotopic (exact) mass is 961 g/mol. The van der Waals surface area contributed by atoms with Crippen molar-refractivity contribution in [3.05, 3.63) is 154 Å². The first kappa shape index (κ1) is 50.8. The number of carbonyl (C=O) groups excluding carboxylic acids is 4. The molecule has 0 aliphatic heterocycles. The highest BCUT2D eigenvalue weighted by atomic mass is 35.5. The van der Waals surface area contributed by atoms with Crippen LogP contribution in [-0.4, -0.2) is 53.1 Å². The molecular weight excluding hydrogens is 927 g/mol. The number of amides is 6. The van der Waals surface area contributed by atoms with E-state index < -0.39 is 45.6 Å². The summed E-state index contributed by atoms with van der Waals surface area (Å²) in [5.74, 6) is 1.41. The van der Waals surface area contributed by atoms with Gasteiger partial charge in [-0.25, -0.2) is 15.1 Å². The van der Waals surface area contributed by atoms with Gasteiger partial charge in [0.2, 0.25) is 0 Å². The zero-order valence-electron chi connectivity index (χ0n) is 33.9. The predicted molar refractivity (Wildman–Crippen MR) is 232 cm³/mol. The Morgan fingerprint density at radius 3 is 1.32 bits per heavy atom. The first-order valence-corrected chi connectivity index (χ1v) is 19.1. The van der Waals surface area contributed by atoms with E-state index in [0.29, 0.717) is 46.1 Å². The number of rotatable bonds is 9. The molecule has 0 atom stereocenters. The number of aromatic nitrogens is 2. The minimum absolute atomic E-state index is 0.0659. The van der Waals surface area contributed by atoms with Crippen molar-refractivity contribution in [3.63, 3.8) is 0 Å². The van der Waals surface area contributed by atoms with E-state index in [1.807, 2.05) is 5.32 Å². The van der Waals surface area contributed by atoms with E-state index in [1.165, 1.54) is 43.1 Å². The van der Waals surface area contributed by atoms with Crippen LogP contribution in [0.5, 0.6) is 23.0 Å². The number of hydroxylamine groups is 1. The molecule has 0 radical (unpaired) electrons. The van der Waals surface area contributed by atoms with Gasteiger partial charge in [0.15, 0.2) is 0 Å². The zero-order valence-corrected chi connectivity index (χ0v) is 35.5. The van der Waals surface area contributed by atoms with Crippen LogP contribution in [0.15, 0.2) is 122 Å². The normalized spacial score (nSPS) is 10.7. The highest BCUT2D eigenvalue weighted by Gasteiger charge is 2.34. The Morgan fingerprint density at radius 2 is 0.924 bits per heavy atom. The summed E-state index contributed by atoms with van der Waals surface area (Å²) in [5.41, 5.74) is 6.04. The van der Waals surface area contributed by atoms with Crippen molar-refractivity contribution >= 4 is 69.8 Å². The minimum atomic E-state index is -4.64. The van der Waals surface area contributed by atoms with Gasteiger partial charge in [0.25, 0.3) is 11.8 Å². The highest BCUT2D eigenvalue weighted by Crippen LogP contribution is 2.37. The number of nitrogens with two attached hydrogens (primary N) is 1. The number of nitrogens with one attached hydrogen (secondary N) is 6. The van der Waals surface area contributed by atoms with Crippen LogP contribution in [-0.2, 0) is 12.4 Å². The Labute approximate surface area is 380 Å². The second-order valence-corrected chi connectivity index (χ2v) is 13.6. The van der Waals surface area contributed by atoms with Gasteiger partial charge in [-0.05, 0) is 97.1 Å². The maximum absolute atomic E-state index is 12.9. The van der Waals surface area contributed by atoms with E-state index >= 15 is 0 Å². The SMILES string of the molecule is CNC(=O)c1cc(Oc2ccc(N)cc2)ccn1.CNC(=O)c1cc(Oc2ccc(NC(=O)Nc3ccc(Cl)c(C(F)(F)F)c3)cc2)ccn1.O=C(NO)Nc1ccc(Cl)c(C(F)(F)F)c1. The average molecular weight is 963 g/mol. The van der Waals surface area contributed by atoms with Crippen molar-refractivity contribution in [2.24, 2.45) is 0 Å². The van der Waals surface area contributed by atoms with Gasteiger partial charge in [-0.15, -0.1) is 0 Å². The van der Waals surface area contributed by atoms with Crippen molar-refractivity contribution in [2.75, 3.05) is 35.8 Å². The smallest absolute Gasteiger partial charge is 0.417 e. The van der Waals surface area contributed by atoms with Gasteiger partial charge in [0.05, 0.1) is 21.2 Å². The number of urea groups is 2. The van der Waals surface area contributed by atoms with Crippen LogP contribution in [0.2, 0.25) is 10.0 Å². The summed E-state index contributed by atoms with van der Waals surface area (Å²) in [7, 11) is 3.04. The van der Waals surface area contributed by atoms with E-state index in [4.69, 9.17) is 43.6 Å². The average Bonchev–Trinajstić information content (AvgIpc) is 3.28. The fourth-order valence-electron chi connectivity index (χ4n) is 4.96. The highest BCUT2D eigenvalue weighted by molar-refractivity contribution is 6.32. The third kappa shape index (κ3) is 15.8. The molecule has 6 aromatic rings. The number of anilines is 4. The van der Waals surface area contributed by atoms with E-state index in [-0.39, 0.29) is 28.9 Å². The summed E-state index contributed by atoms with van der Waals surface area (Å²) in [6.45, 7) is 0. The van der Waals surface area contributed by atoms with Gasteiger partial charge in [-0.1, -0.05) is 23.2 Å². The molecule has 2 aromatic heterocycles. The molecule has 346 valence electrons. The number of nitrogens with zero attached hydrogens (tertiary/aromatic N) is 2. The van der Waals surface area contributed by atoms with Crippen molar-refractivity contribution < 1.29 is 60.2 Å². The van der Waals surface area contributed by atoms with Crippen LogP contribution in [0.1, 0.15) is 32.1 Å². The fourth-order valence-corrected chi connectivity index (χ4v) is 5.41. The molecule has 4 aromatic carbocycles. The number of alkyl halides is 6. The van der Waals surface area contributed by atoms with Crippen molar-refractivity contribution in [2.45, 2.75) is 12.4 Å². The Hall–Kier alpha value is -7.82. The molecular formula is C42H35Cl2F6N9O7. The van der Waals surface area contributed by atoms with Gasteiger partial charge < -0.3 is 41.8 Å². The standard InChI is InChI=1S/C21H16ClF3N4O3.C13H13N3O2.C8H6ClF3N2O2/c1-26-19(30)18-11-15(8-9-27-18)32-14-5-2-12(3-6-14)28-20(31)29-13-4-7-17(22)16(10-13)21(23,24)25;1-15-13(17)12-8-11(6-7-16-12)18-10-4-2-9(14)3-5-10;9-6-2-1-4(13-7(15)14-16)3-5(6)8(10,11)12/h2-11H,1H3,(H,26,30)(H2,28,29,31);2-8H,14H2,1H3,(H,15,17);1-3,16H,(H2,13,14,15). The number of nitrogen functional groups attached to an aromatic ring is 1. The summed E-state index contributed by atoms with van der Waals surface area (Å²) >= 11 is 10.9. The summed E-state index contributed by atoms with van der Waals surface area (Å²) in [6, 6.07) is 23.7. The molecule has 0 unspecified atom stereocenters. The number of benzene rings is 4. The number of pyridine rings is 2. The van der Waals surface area contributed by atoms with Crippen LogP contribution in [0.3, 0.4) is 0 Å². The third-order valence-electron chi connectivity index (χ3n) is 8.01. The molecule has 0 spiro atoms. The van der Waals surface area contributed by atoms with Gasteiger partial charge >= 0.3 is 24.4 Å². The molecule has 0 aliphatic rings. The number of hydrogen-bond acceptors (Lipinski definition) is 10. The first-order chi connectivity index (χ1) is 31.2. The van der Waals surface area contributed by atoms with E-state index in [1.54, 1.807) is 73.8 Å². The van der Waals surface area contributed by atoms with Crippen molar-refractivity contribution in [1.29, 1.82) is 0 Å². The Morgan fingerprint density at radius 1 is 0.545 bits per heavy atom. The number of carbonyl (C=O) groups is 4. The molecule has 6 rings (SSSR count). The van der Waals surface area contributed by atoms with Gasteiger partial charge in [-0.2, -0.15) is 26.3 Å². The molecule has 2 heterocycles. The quantitative estimate of drug-likeness (QED) is 0.0296. The lowest BCUT2D eigenvalue weighted by molar-refractivity contribution is -0.138. The van der Waals surface area contributed by atoms with Gasteiger partial charge in [0.1, 0.15) is 34.4 Å². The van der Waals surface area contributed by atoms with Crippen LogP contribution in [0.4, 0.5) is 58.7 Å². The maximum atomic E-state index is 12.9. The van der Waals surface area contributed by atoms with E-state index in [9.17, 15) is 45.5 Å². The first-order valence-electron chi connectivity index (χ1n) is 18.4. The molecule has 0 bridgehead atoms. The second kappa shape index (κ2) is 23.2. The molecule has 24 heteroatoms. The van der Waals surface area contributed by atoms with Crippen LogP contribution >= 0.6 is 23.2 Å². The number of hydrogen-bond donors (Lipinski definition) is 8. The lowest BCUT2D eigenvalue weighted by Crippen LogP contribution is -2.25. The maximum Gasteiger partial charge on any atom is 0.417 e. The zero-order chi connectivity index (χ0) is 48.6. The van der Waals surface area contributed by atoms with Crippen LogP contribution < -0.4 is 47.3 Å². The number of ether oxygens (including phenoxy) is 2. The molecule has 0 saturated carbocycles. The largest absolute Gasteiger partial charge is 0.457 e. The summed E-state index contributed by atoms with van der Waals surface area (Å²) in [6.07, 6.45) is -6.29. The summed E-state index contributed by atoms with van der Waals surface area (Å²) in [4.78, 5) is 53.7. The molecule has 0 fully saturated rings. The predicted octanol–water partition coefficient (Wildman–Crippen LogP) is 10.2. The minimum Gasteiger partial charge on any atom is -0.457 e. The van der Waals surface area contributed by atoms with Crippen LogP contribution in [0.25, 0.3) is 0 Å². The molecule has 16 nitrogen and oxygen atoms in total. The Kier molecular flexibility index (Phi) is 17.9. The Bertz CT molecular complexity index is 2640. The van der Waals surface area contributed by atoms with E-state index in [2.05, 4.69) is 31.2 Å². The Balaban J connectivity index is 0.000000237. The lowest BCUT2D eigenvalue weighted by Gasteiger charge is -2.12. The summed E-state index contributed by atoms with van der Waals surface area (Å²) in [5, 5.41) is 19.0. The molecule has 0 saturated heterocycles.